The fraction of sp³-hybridized carbons (Fsp3) is 0.360. The summed E-state index contributed by atoms with van der Waals surface area (Å²) in [5.74, 6) is -0.628. The van der Waals surface area contributed by atoms with E-state index < -0.39 is 17.7 Å². The third-order valence-electron chi connectivity index (χ3n) is 5.60. The number of benzene rings is 2. The van der Waals surface area contributed by atoms with Gasteiger partial charge < -0.3 is 24.4 Å². The minimum absolute atomic E-state index is 0.0512. The number of amides is 1. The predicted octanol–water partition coefficient (Wildman–Crippen LogP) is 3.39. The number of aliphatic hydroxyl groups is 1. The van der Waals surface area contributed by atoms with Gasteiger partial charge in [-0.1, -0.05) is 42.0 Å². The Labute approximate surface area is 188 Å². The van der Waals surface area contributed by atoms with Crippen molar-refractivity contribution in [3.8, 4) is 11.5 Å². The lowest BCUT2D eigenvalue weighted by Crippen LogP contribution is -2.32. The molecule has 1 aliphatic heterocycles. The van der Waals surface area contributed by atoms with Gasteiger partial charge in [0.1, 0.15) is 5.76 Å². The van der Waals surface area contributed by atoms with E-state index in [4.69, 9.17) is 9.47 Å². The van der Waals surface area contributed by atoms with Crippen LogP contribution in [0.3, 0.4) is 0 Å². The predicted molar refractivity (Wildman–Crippen MR) is 123 cm³/mol. The fourth-order valence-electron chi connectivity index (χ4n) is 3.99. The summed E-state index contributed by atoms with van der Waals surface area (Å²) in [4.78, 5) is 29.7. The molecule has 2 aromatic carbocycles. The van der Waals surface area contributed by atoms with Crippen LogP contribution >= 0.6 is 0 Å². The number of rotatable bonds is 8. The number of nitrogens with zero attached hydrogens (tertiary/aromatic N) is 2. The highest BCUT2D eigenvalue weighted by atomic mass is 16.5. The summed E-state index contributed by atoms with van der Waals surface area (Å²) in [6.07, 6.45) is 0.674. The van der Waals surface area contributed by atoms with E-state index >= 15 is 0 Å². The highest BCUT2D eigenvalue weighted by Crippen LogP contribution is 2.45. The maximum Gasteiger partial charge on any atom is 0.295 e. The molecule has 170 valence electrons. The van der Waals surface area contributed by atoms with Crippen LogP contribution in [0.5, 0.6) is 11.5 Å². The number of ether oxygens (including phenoxy) is 2. The lowest BCUT2D eigenvalue weighted by atomic mass is 9.94. The van der Waals surface area contributed by atoms with E-state index in [9.17, 15) is 14.7 Å². The zero-order valence-corrected chi connectivity index (χ0v) is 19.2. The summed E-state index contributed by atoms with van der Waals surface area (Å²) in [6.45, 7) is 3.05. The van der Waals surface area contributed by atoms with Crippen LogP contribution < -0.4 is 9.47 Å². The molecule has 1 atom stereocenters. The Balaban J connectivity index is 2.19. The molecule has 1 heterocycles. The van der Waals surface area contributed by atoms with Crippen molar-refractivity contribution in [3.63, 3.8) is 0 Å². The Morgan fingerprint density at radius 1 is 1.06 bits per heavy atom. The molecule has 0 aliphatic carbocycles. The van der Waals surface area contributed by atoms with Crippen LogP contribution in [0.15, 0.2) is 48.0 Å². The molecule has 1 saturated heterocycles. The van der Waals surface area contributed by atoms with Crippen molar-refractivity contribution in [1.29, 1.82) is 0 Å². The number of aryl methyl sites for hydroxylation is 1. The van der Waals surface area contributed by atoms with Crippen LogP contribution in [0.4, 0.5) is 0 Å². The van der Waals surface area contributed by atoms with Gasteiger partial charge in [-0.25, -0.2) is 0 Å². The van der Waals surface area contributed by atoms with Crippen LogP contribution in [0, 0.1) is 6.92 Å². The molecule has 7 nitrogen and oxygen atoms in total. The summed E-state index contributed by atoms with van der Waals surface area (Å²) >= 11 is 0. The third-order valence-corrected chi connectivity index (χ3v) is 5.60. The van der Waals surface area contributed by atoms with Crippen molar-refractivity contribution in [1.82, 2.24) is 9.80 Å². The summed E-state index contributed by atoms with van der Waals surface area (Å²) < 4.78 is 11.0. The number of ketones is 1. The average Bonchev–Trinajstić information content (AvgIpc) is 3.03. The van der Waals surface area contributed by atoms with Gasteiger partial charge in [0.2, 0.25) is 0 Å². The van der Waals surface area contributed by atoms with E-state index in [-0.39, 0.29) is 11.3 Å². The third kappa shape index (κ3) is 4.48. The molecule has 0 saturated carbocycles. The fourth-order valence-corrected chi connectivity index (χ4v) is 3.99. The quantitative estimate of drug-likeness (QED) is 0.387. The van der Waals surface area contributed by atoms with E-state index in [0.717, 1.165) is 12.1 Å². The zero-order chi connectivity index (χ0) is 23.4. The lowest BCUT2D eigenvalue weighted by Gasteiger charge is -2.27. The van der Waals surface area contributed by atoms with Crippen molar-refractivity contribution in [2.24, 2.45) is 0 Å². The maximum absolute atomic E-state index is 13.1. The first kappa shape index (κ1) is 23.3. The maximum atomic E-state index is 13.1. The van der Waals surface area contributed by atoms with Gasteiger partial charge in [0.15, 0.2) is 11.5 Å². The molecule has 7 heteroatoms. The number of methoxy groups -OCH3 is 2. The Kier molecular flexibility index (Phi) is 7.20. The van der Waals surface area contributed by atoms with E-state index in [1.54, 1.807) is 30.3 Å². The molecule has 1 unspecified atom stereocenters. The molecular weight excluding hydrogens is 408 g/mol. The van der Waals surface area contributed by atoms with Gasteiger partial charge in [-0.15, -0.1) is 0 Å². The Bertz CT molecular complexity index is 1030. The summed E-state index contributed by atoms with van der Waals surface area (Å²) in [6, 6.07) is 11.7. The van der Waals surface area contributed by atoms with Crippen molar-refractivity contribution >= 4 is 17.4 Å². The van der Waals surface area contributed by atoms with Crippen LogP contribution in [0.2, 0.25) is 0 Å². The van der Waals surface area contributed by atoms with Gasteiger partial charge in [-0.2, -0.15) is 0 Å². The second kappa shape index (κ2) is 9.87. The van der Waals surface area contributed by atoms with E-state index in [1.165, 1.54) is 19.1 Å². The Morgan fingerprint density at radius 2 is 1.75 bits per heavy atom. The highest BCUT2D eigenvalue weighted by molar-refractivity contribution is 6.46. The minimum atomic E-state index is -0.788. The topological polar surface area (TPSA) is 79.3 Å². The van der Waals surface area contributed by atoms with Crippen LogP contribution in [-0.2, 0) is 9.59 Å². The number of hydrogen-bond acceptors (Lipinski definition) is 6. The molecule has 1 aliphatic rings. The van der Waals surface area contributed by atoms with Gasteiger partial charge in [-0.3, -0.25) is 9.59 Å². The van der Waals surface area contributed by atoms with Crippen LogP contribution in [-0.4, -0.2) is 68.0 Å². The SMILES string of the molecule is COc1cccc(C2C(=C(O)c3ccc(C)cc3)C(=O)C(=O)N2CCCN(C)C)c1OC. The van der Waals surface area contributed by atoms with Gasteiger partial charge in [0.25, 0.3) is 11.7 Å². The van der Waals surface area contributed by atoms with E-state index in [1.807, 2.05) is 38.1 Å². The molecular formula is C25H30N2O5. The number of hydrogen-bond donors (Lipinski definition) is 1. The molecule has 3 rings (SSSR count). The number of likely N-dealkylation sites (tertiary alicyclic amines) is 1. The van der Waals surface area contributed by atoms with Gasteiger partial charge in [0.05, 0.1) is 25.8 Å². The zero-order valence-electron chi connectivity index (χ0n) is 19.2. The standard InChI is InChI=1S/C25H30N2O5/c1-16-10-12-17(13-11-16)22(28)20-21(18-8-6-9-19(31-4)24(18)32-5)27(25(30)23(20)29)15-7-14-26(2)3/h6,8-13,21,28H,7,14-15H2,1-5H3. The van der Waals surface area contributed by atoms with Crippen molar-refractivity contribution in [2.75, 3.05) is 41.4 Å². The smallest absolute Gasteiger partial charge is 0.295 e. The molecule has 1 fully saturated rings. The monoisotopic (exact) mass is 438 g/mol. The number of para-hydroxylation sites is 1. The summed E-state index contributed by atoms with van der Waals surface area (Å²) in [7, 11) is 6.95. The van der Waals surface area contributed by atoms with Gasteiger partial charge >= 0.3 is 0 Å². The highest BCUT2D eigenvalue weighted by Gasteiger charge is 2.47. The van der Waals surface area contributed by atoms with Crippen molar-refractivity contribution in [2.45, 2.75) is 19.4 Å². The molecule has 1 N–H and O–H groups in total. The molecule has 0 radical (unpaired) electrons. The van der Waals surface area contributed by atoms with Crippen molar-refractivity contribution < 1.29 is 24.2 Å². The number of aliphatic hydroxyl groups excluding tert-OH is 1. The van der Waals surface area contributed by atoms with Gasteiger partial charge in [0, 0.05) is 17.7 Å². The average molecular weight is 439 g/mol. The molecule has 0 aromatic heterocycles. The molecule has 2 aromatic rings. The normalized spacial score (nSPS) is 17.8. The van der Waals surface area contributed by atoms with E-state index in [2.05, 4.69) is 0 Å². The number of carbonyl (C=O) groups excluding carboxylic acids is 2. The second-order valence-corrected chi connectivity index (χ2v) is 8.10. The summed E-state index contributed by atoms with van der Waals surface area (Å²) in [5.41, 5.74) is 2.14. The lowest BCUT2D eigenvalue weighted by molar-refractivity contribution is -0.140. The Morgan fingerprint density at radius 3 is 2.34 bits per heavy atom. The number of carbonyl (C=O) groups is 2. The first-order chi connectivity index (χ1) is 15.3. The summed E-state index contributed by atoms with van der Waals surface area (Å²) in [5, 5.41) is 11.2. The van der Waals surface area contributed by atoms with Crippen LogP contribution in [0.25, 0.3) is 5.76 Å². The molecule has 0 bridgehead atoms. The minimum Gasteiger partial charge on any atom is -0.507 e. The van der Waals surface area contributed by atoms with E-state index in [0.29, 0.717) is 35.6 Å². The largest absolute Gasteiger partial charge is 0.507 e. The van der Waals surface area contributed by atoms with Crippen molar-refractivity contribution in [3.05, 3.63) is 64.7 Å². The van der Waals surface area contributed by atoms with Crippen LogP contribution in [0.1, 0.15) is 29.2 Å². The Hall–Kier alpha value is -3.32. The first-order valence-electron chi connectivity index (χ1n) is 10.5. The number of Topliss-reactive ketones (excluding diaryl/α,β-unsaturated/α-hetero) is 1. The molecule has 0 spiro atoms. The molecule has 1 amide bonds. The molecule has 32 heavy (non-hydrogen) atoms. The second-order valence-electron chi connectivity index (χ2n) is 8.10. The van der Waals surface area contributed by atoms with Gasteiger partial charge in [-0.05, 0) is 40.1 Å². The first-order valence-corrected chi connectivity index (χ1v) is 10.5.